The molecule has 1 aromatic carbocycles. The molecule has 2 aliphatic heterocycles. The number of aromatic nitrogens is 2. The number of anilines is 2. The van der Waals surface area contributed by atoms with E-state index in [1.807, 2.05) is 24.3 Å². The normalized spacial score (nSPS) is 20.3. The van der Waals surface area contributed by atoms with Gasteiger partial charge in [0.15, 0.2) is 0 Å². The molecule has 1 fully saturated rings. The summed E-state index contributed by atoms with van der Waals surface area (Å²) in [6.07, 6.45) is 7.90. The number of rotatable bonds is 6. The van der Waals surface area contributed by atoms with Crippen molar-refractivity contribution in [3.05, 3.63) is 53.2 Å². The van der Waals surface area contributed by atoms with Crippen LogP contribution < -0.4 is 10.1 Å². The zero-order valence-electron chi connectivity index (χ0n) is 17.3. The summed E-state index contributed by atoms with van der Waals surface area (Å²) in [4.78, 5) is 8.88. The molecule has 0 amide bonds. The minimum absolute atomic E-state index is 0.457. The molecule has 30 heavy (non-hydrogen) atoms. The monoisotopic (exact) mass is 424 g/mol. The first-order valence-corrected chi connectivity index (χ1v) is 11.5. The van der Waals surface area contributed by atoms with E-state index in [2.05, 4.69) is 32.3 Å². The van der Waals surface area contributed by atoms with Crippen LogP contribution in [0.2, 0.25) is 0 Å². The maximum atomic E-state index is 5.63. The van der Waals surface area contributed by atoms with Gasteiger partial charge >= 0.3 is 0 Å². The Morgan fingerprint density at radius 3 is 3.20 bits per heavy atom. The largest absolute Gasteiger partial charge is 0.497 e. The van der Waals surface area contributed by atoms with Crippen LogP contribution in [-0.2, 0) is 4.74 Å². The lowest BCUT2D eigenvalue weighted by molar-refractivity contribution is 0.137. The van der Waals surface area contributed by atoms with Crippen molar-refractivity contribution >= 4 is 27.8 Å². The quantitative estimate of drug-likeness (QED) is 0.583. The third-order valence-corrected chi connectivity index (χ3v) is 6.80. The molecule has 0 saturated carbocycles. The Kier molecular flexibility index (Phi) is 5.75. The molecule has 2 aromatic heterocycles. The number of piperidine rings is 1. The summed E-state index contributed by atoms with van der Waals surface area (Å²) in [6, 6.07) is 7.97. The van der Waals surface area contributed by atoms with Crippen LogP contribution in [0.4, 0.5) is 11.6 Å². The van der Waals surface area contributed by atoms with Gasteiger partial charge in [0.05, 0.1) is 26.0 Å². The molecule has 0 aliphatic carbocycles. The Hall–Kier alpha value is -2.35. The third kappa shape index (κ3) is 4.10. The second kappa shape index (κ2) is 8.79. The second-order valence-corrected chi connectivity index (χ2v) is 8.93. The lowest BCUT2D eigenvalue weighted by Gasteiger charge is -2.33. The molecule has 1 saturated heterocycles. The van der Waals surface area contributed by atoms with Crippen LogP contribution in [0.1, 0.15) is 30.9 Å². The molecule has 3 aromatic rings. The third-order valence-electron chi connectivity index (χ3n) is 5.91. The Labute approximate surface area is 181 Å². The highest BCUT2D eigenvalue weighted by molar-refractivity contribution is 7.15. The van der Waals surface area contributed by atoms with Crippen LogP contribution in [0.3, 0.4) is 0 Å². The predicted molar refractivity (Wildman–Crippen MR) is 121 cm³/mol. The molecule has 0 radical (unpaired) electrons. The first kappa shape index (κ1) is 19.6. The zero-order chi connectivity index (χ0) is 20.3. The Morgan fingerprint density at radius 2 is 2.33 bits per heavy atom. The molecular weight excluding hydrogens is 396 g/mol. The standard InChI is InChI=1S/C23H28N4O2S/c1-28-20-8-2-7-19(13-20)24-23-25-21(22-27(23)10-12-30-22)18-6-3-9-26(15-18)14-17-5-4-11-29-16-17/h2,5,7-8,10,12-13,18H,3-4,6,9,11,14-16H2,1H3,(H,24,25). The number of nitrogens with one attached hydrogen (secondary N) is 1. The van der Waals surface area contributed by atoms with Crippen LogP contribution in [0.15, 0.2) is 47.5 Å². The van der Waals surface area contributed by atoms with Crippen molar-refractivity contribution in [2.24, 2.45) is 0 Å². The number of hydrogen-bond acceptors (Lipinski definition) is 6. The van der Waals surface area contributed by atoms with Crippen molar-refractivity contribution in [2.45, 2.75) is 25.2 Å². The van der Waals surface area contributed by atoms with Gasteiger partial charge in [-0.1, -0.05) is 12.1 Å². The second-order valence-electron chi connectivity index (χ2n) is 8.03. The van der Waals surface area contributed by atoms with Crippen molar-refractivity contribution in [1.29, 1.82) is 0 Å². The molecule has 7 heteroatoms. The average Bonchev–Trinajstić information content (AvgIpc) is 3.39. The fourth-order valence-electron chi connectivity index (χ4n) is 4.46. The summed E-state index contributed by atoms with van der Waals surface area (Å²) in [7, 11) is 1.69. The molecule has 1 unspecified atom stereocenters. The Morgan fingerprint density at radius 1 is 1.37 bits per heavy atom. The van der Waals surface area contributed by atoms with Crippen LogP contribution >= 0.6 is 11.3 Å². The first-order valence-electron chi connectivity index (χ1n) is 10.6. The van der Waals surface area contributed by atoms with E-state index in [1.165, 1.54) is 28.9 Å². The maximum absolute atomic E-state index is 5.63. The molecule has 0 bridgehead atoms. The van der Waals surface area contributed by atoms with Gasteiger partial charge in [-0.25, -0.2) is 4.98 Å². The molecular formula is C23H28N4O2S. The van der Waals surface area contributed by atoms with Crippen molar-refractivity contribution in [2.75, 3.05) is 45.3 Å². The van der Waals surface area contributed by atoms with E-state index >= 15 is 0 Å². The molecule has 1 N–H and O–H groups in total. The van der Waals surface area contributed by atoms with Crippen LogP contribution in [0.25, 0.3) is 4.83 Å². The van der Waals surface area contributed by atoms with E-state index in [0.29, 0.717) is 5.92 Å². The summed E-state index contributed by atoms with van der Waals surface area (Å²) in [5.41, 5.74) is 3.62. The van der Waals surface area contributed by atoms with Crippen molar-refractivity contribution < 1.29 is 9.47 Å². The molecule has 0 spiro atoms. The number of hydrogen-bond donors (Lipinski definition) is 1. The molecule has 5 rings (SSSR count). The molecule has 158 valence electrons. The van der Waals surface area contributed by atoms with Crippen molar-refractivity contribution in [3.8, 4) is 5.75 Å². The molecule has 4 heterocycles. The minimum atomic E-state index is 0.457. The van der Waals surface area contributed by atoms with Gasteiger partial charge in [0.25, 0.3) is 0 Å². The van der Waals surface area contributed by atoms with Gasteiger partial charge < -0.3 is 14.8 Å². The van der Waals surface area contributed by atoms with Gasteiger partial charge in [-0.15, -0.1) is 11.3 Å². The SMILES string of the molecule is COc1cccc(Nc2nc(C3CCCN(CC4=CCCOC4)C3)c3sccn23)c1. The number of nitrogens with zero attached hydrogens (tertiary/aromatic N) is 3. The number of likely N-dealkylation sites (tertiary alicyclic amines) is 1. The van der Waals surface area contributed by atoms with Crippen molar-refractivity contribution in [3.63, 3.8) is 0 Å². The fraction of sp³-hybridized carbons (Fsp3) is 0.435. The van der Waals surface area contributed by atoms with Gasteiger partial charge in [0, 0.05) is 42.3 Å². The molecule has 1 atom stereocenters. The summed E-state index contributed by atoms with van der Waals surface area (Å²) < 4.78 is 13.2. The van der Waals surface area contributed by atoms with E-state index in [-0.39, 0.29) is 0 Å². The van der Waals surface area contributed by atoms with Gasteiger partial charge in [-0.05, 0) is 43.5 Å². The summed E-state index contributed by atoms with van der Waals surface area (Å²) in [5, 5.41) is 5.62. The molecule has 6 nitrogen and oxygen atoms in total. The maximum Gasteiger partial charge on any atom is 0.213 e. The van der Waals surface area contributed by atoms with Gasteiger partial charge in [-0.3, -0.25) is 9.30 Å². The van der Waals surface area contributed by atoms with E-state index < -0.39 is 0 Å². The van der Waals surface area contributed by atoms with Gasteiger partial charge in [-0.2, -0.15) is 0 Å². The summed E-state index contributed by atoms with van der Waals surface area (Å²) in [6.45, 7) is 4.88. The number of thiazole rings is 1. The summed E-state index contributed by atoms with van der Waals surface area (Å²) >= 11 is 1.77. The van der Waals surface area contributed by atoms with E-state index in [0.717, 1.165) is 56.7 Å². The minimum Gasteiger partial charge on any atom is -0.497 e. The Balaban J connectivity index is 1.36. The van der Waals surface area contributed by atoms with E-state index in [9.17, 15) is 0 Å². The number of ether oxygens (including phenoxy) is 2. The molecule has 2 aliphatic rings. The van der Waals surface area contributed by atoms with Gasteiger partial charge in [0.2, 0.25) is 5.95 Å². The smallest absolute Gasteiger partial charge is 0.213 e. The lowest BCUT2D eigenvalue weighted by atomic mass is 9.95. The first-order chi connectivity index (χ1) is 14.8. The average molecular weight is 425 g/mol. The van der Waals surface area contributed by atoms with E-state index in [1.54, 1.807) is 18.4 Å². The van der Waals surface area contributed by atoms with E-state index in [4.69, 9.17) is 14.5 Å². The van der Waals surface area contributed by atoms with Crippen LogP contribution in [0.5, 0.6) is 5.75 Å². The number of imidazole rings is 1. The fourth-order valence-corrected chi connectivity index (χ4v) is 5.36. The topological polar surface area (TPSA) is 51.0 Å². The van der Waals surface area contributed by atoms with Crippen LogP contribution in [0, 0.1) is 0 Å². The van der Waals surface area contributed by atoms with Gasteiger partial charge in [0.1, 0.15) is 10.6 Å². The zero-order valence-corrected chi connectivity index (χ0v) is 18.2. The Bertz CT molecular complexity index is 1040. The highest BCUT2D eigenvalue weighted by Gasteiger charge is 2.27. The number of fused-ring (bicyclic) bond motifs is 1. The highest BCUT2D eigenvalue weighted by atomic mass is 32.1. The lowest BCUT2D eigenvalue weighted by Crippen LogP contribution is -2.36. The van der Waals surface area contributed by atoms with Crippen molar-refractivity contribution in [1.82, 2.24) is 14.3 Å². The number of benzene rings is 1. The number of methoxy groups -OCH3 is 1. The van der Waals surface area contributed by atoms with Crippen LogP contribution in [-0.4, -0.2) is 54.2 Å². The summed E-state index contributed by atoms with van der Waals surface area (Å²) in [5.74, 6) is 2.16. The predicted octanol–water partition coefficient (Wildman–Crippen LogP) is 4.67. The highest BCUT2D eigenvalue weighted by Crippen LogP contribution is 2.34.